The molecule has 0 radical (unpaired) electrons. The van der Waals surface area contributed by atoms with E-state index in [1.165, 1.54) is 11.3 Å². The predicted molar refractivity (Wildman–Crippen MR) is 113 cm³/mol. The molecule has 0 spiro atoms. The average Bonchev–Trinajstić information content (AvgIpc) is 3.49. The maximum atomic E-state index is 13.0. The minimum Gasteiger partial charge on any atom is -0.472 e. The fraction of sp³-hybridized carbons (Fsp3) is 0.0952. The first-order chi connectivity index (χ1) is 14.1. The van der Waals surface area contributed by atoms with E-state index in [1.807, 2.05) is 62.5 Å². The molecule has 0 saturated heterocycles. The van der Waals surface area contributed by atoms with Gasteiger partial charge in [-0.15, -0.1) is 11.3 Å². The van der Waals surface area contributed by atoms with Crippen molar-refractivity contribution in [2.75, 3.05) is 5.32 Å². The van der Waals surface area contributed by atoms with Crippen molar-refractivity contribution in [3.05, 3.63) is 71.6 Å². The smallest absolute Gasteiger partial charge is 0.266 e. The van der Waals surface area contributed by atoms with Gasteiger partial charge in [-0.25, -0.2) is 4.68 Å². The highest BCUT2D eigenvalue weighted by molar-refractivity contribution is 7.20. The van der Waals surface area contributed by atoms with E-state index in [2.05, 4.69) is 15.5 Å². The molecule has 1 amide bonds. The van der Waals surface area contributed by atoms with Gasteiger partial charge in [0.1, 0.15) is 10.6 Å². The highest BCUT2D eigenvalue weighted by Gasteiger charge is 2.18. The van der Waals surface area contributed by atoms with E-state index in [1.54, 1.807) is 21.9 Å². The van der Waals surface area contributed by atoms with Crippen LogP contribution in [0.15, 0.2) is 65.5 Å². The minimum atomic E-state index is -0.179. The van der Waals surface area contributed by atoms with Gasteiger partial charge in [0.05, 0.1) is 34.5 Å². The molecule has 4 heterocycles. The number of furan rings is 1. The molecule has 0 aliphatic rings. The van der Waals surface area contributed by atoms with Gasteiger partial charge >= 0.3 is 0 Å². The SMILES string of the molecule is Cc1nn(C)c2sc(C(=O)Nc3cc(-c4ccoc4)nn3-c3ccccc3)cc12. The lowest BCUT2D eigenvalue weighted by atomic mass is 10.2. The third-order valence-corrected chi connectivity index (χ3v) is 5.89. The van der Waals surface area contributed by atoms with Gasteiger partial charge in [0.2, 0.25) is 0 Å². The summed E-state index contributed by atoms with van der Waals surface area (Å²) in [5.74, 6) is 0.408. The third kappa shape index (κ3) is 3.03. The van der Waals surface area contributed by atoms with Crippen molar-refractivity contribution in [3.8, 4) is 16.9 Å². The molecule has 1 N–H and O–H groups in total. The molecule has 0 saturated carbocycles. The highest BCUT2D eigenvalue weighted by Crippen LogP contribution is 2.29. The van der Waals surface area contributed by atoms with Crippen LogP contribution in [0.25, 0.3) is 27.2 Å². The maximum absolute atomic E-state index is 13.0. The van der Waals surface area contributed by atoms with Crippen molar-refractivity contribution in [2.24, 2.45) is 7.05 Å². The summed E-state index contributed by atoms with van der Waals surface area (Å²) in [4.78, 5) is 14.6. The topological polar surface area (TPSA) is 77.9 Å². The number of aromatic nitrogens is 4. The molecule has 0 unspecified atom stereocenters. The number of nitrogens with one attached hydrogen (secondary N) is 1. The molecule has 0 fully saturated rings. The highest BCUT2D eigenvalue weighted by atomic mass is 32.1. The normalized spacial score (nSPS) is 11.2. The van der Waals surface area contributed by atoms with E-state index in [9.17, 15) is 4.79 Å². The summed E-state index contributed by atoms with van der Waals surface area (Å²) >= 11 is 1.42. The van der Waals surface area contributed by atoms with Crippen LogP contribution in [0.2, 0.25) is 0 Å². The van der Waals surface area contributed by atoms with Crippen molar-refractivity contribution in [2.45, 2.75) is 6.92 Å². The largest absolute Gasteiger partial charge is 0.472 e. The number of carbonyl (C=O) groups is 1. The summed E-state index contributed by atoms with van der Waals surface area (Å²) in [5, 5.41) is 13.1. The fourth-order valence-electron chi connectivity index (χ4n) is 3.28. The molecule has 8 heteroatoms. The zero-order chi connectivity index (χ0) is 20.0. The Morgan fingerprint density at radius 2 is 1.97 bits per heavy atom. The summed E-state index contributed by atoms with van der Waals surface area (Å²) in [6, 6.07) is 15.3. The maximum Gasteiger partial charge on any atom is 0.266 e. The van der Waals surface area contributed by atoms with Gasteiger partial charge in [0.15, 0.2) is 0 Å². The van der Waals surface area contributed by atoms with Gasteiger partial charge in [0.25, 0.3) is 5.91 Å². The molecule has 5 rings (SSSR count). The number of aryl methyl sites for hydroxylation is 2. The van der Waals surface area contributed by atoms with Crippen LogP contribution < -0.4 is 5.32 Å². The van der Waals surface area contributed by atoms with Crippen LogP contribution in [-0.2, 0) is 7.05 Å². The number of rotatable bonds is 4. The third-order valence-electron chi connectivity index (χ3n) is 4.69. The molecule has 0 aliphatic carbocycles. The summed E-state index contributed by atoms with van der Waals surface area (Å²) in [6.07, 6.45) is 3.23. The van der Waals surface area contributed by atoms with Crippen LogP contribution in [0.3, 0.4) is 0 Å². The molecule has 1 aromatic carbocycles. The minimum absolute atomic E-state index is 0.179. The van der Waals surface area contributed by atoms with Gasteiger partial charge in [-0.3, -0.25) is 9.48 Å². The molecule has 0 atom stereocenters. The fourth-order valence-corrected chi connectivity index (χ4v) is 4.30. The van der Waals surface area contributed by atoms with Crippen LogP contribution in [-0.4, -0.2) is 25.5 Å². The van der Waals surface area contributed by atoms with Crippen LogP contribution in [0, 0.1) is 6.92 Å². The molecule has 29 heavy (non-hydrogen) atoms. The zero-order valence-corrected chi connectivity index (χ0v) is 16.6. The second-order valence-electron chi connectivity index (χ2n) is 6.67. The number of benzene rings is 1. The molecular weight excluding hydrogens is 386 g/mol. The van der Waals surface area contributed by atoms with Crippen LogP contribution in [0.1, 0.15) is 15.4 Å². The quantitative estimate of drug-likeness (QED) is 0.474. The van der Waals surface area contributed by atoms with E-state index in [0.717, 1.165) is 27.2 Å². The van der Waals surface area contributed by atoms with E-state index in [-0.39, 0.29) is 5.91 Å². The zero-order valence-electron chi connectivity index (χ0n) is 15.8. The number of carbonyl (C=O) groups excluding carboxylic acids is 1. The summed E-state index contributed by atoms with van der Waals surface area (Å²) in [7, 11) is 1.88. The molecule has 7 nitrogen and oxygen atoms in total. The van der Waals surface area contributed by atoms with Gasteiger partial charge in [0, 0.05) is 24.1 Å². The first-order valence-electron chi connectivity index (χ1n) is 9.03. The lowest BCUT2D eigenvalue weighted by molar-refractivity contribution is 0.103. The Morgan fingerprint density at radius 3 is 2.69 bits per heavy atom. The van der Waals surface area contributed by atoms with Crippen molar-refractivity contribution in [1.29, 1.82) is 0 Å². The van der Waals surface area contributed by atoms with Crippen molar-refractivity contribution in [1.82, 2.24) is 19.6 Å². The number of para-hydroxylation sites is 1. The molecule has 0 bridgehead atoms. The van der Waals surface area contributed by atoms with Crippen LogP contribution in [0.4, 0.5) is 5.82 Å². The second kappa shape index (κ2) is 6.75. The van der Waals surface area contributed by atoms with E-state index >= 15 is 0 Å². The average molecular weight is 403 g/mol. The Balaban J connectivity index is 1.53. The first kappa shape index (κ1) is 17.4. The standard InChI is InChI=1S/C21H17N5O2S/c1-13-16-10-18(29-21(16)25(2)23-13)20(27)22-19-11-17(14-8-9-28-12-14)24-26(19)15-6-4-3-5-7-15/h3-12H,1-2H3,(H,22,27). The van der Waals surface area contributed by atoms with E-state index < -0.39 is 0 Å². The molecule has 144 valence electrons. The lowest BCUT2D eigenvalue weighted by Crippen LogP contribution is -2.14. The summed E-state index contributed by atoms with van der Waals surface area (Å²) in [5.41, 5.74) is 3.33. The monoisotopic (exact) mass is 403 g/mol. The Kier molecular flexibility index (Phi) is 4.06. The van der Waals surface area contributed by atoms with E-state index in [0.29, 0.717) is 16.4 Å². The predicted octanol–water partition coefficient (Wildman–Crippen LogP) is 4.64. The van der Waals surface area contributed by atoms with Crippen molar-refractivity contribution in [3.63, 3.8) is 0 Å². The van der Waals surface area contributed by atoms with Crippen LogP contribution in [0.5, 0.6) is 0 Å². The molecule has 0 aliphatic heterocycles. The number of thiophene rings is 1. The van der Waals surface area contributed by atoms with E-state index in [4.69, 9.17) is 4.42 Å². The summed E-state index contributed by atoms with van der Waals surface area (Å²) in [6.45, 7) is 1.94. The Hall–Kier alpha value is -3.65. The number of fused-ring (bicyclic) bond motifs is 1. The molecule has 5 aromatic rings. The Labute approximate surface area is 170 Å². The van der Waals surface area contributed by atoms with Gasteiger partial charge in [-0.05, 0) is 31.2 Å². The van der Waals surface area contributed by atoms with Crippen molar-refractivity contribution >= 4 is 33.3 Å². The number of amides is 1. The summed E-state index contributed by atoms with van der Waals surface area (Å²) < 4.78 is 8.70. The Morgan fingerprint density at radius 1 is 1.14 bits per heavy atom. The number of nitrogens with zero attached hydrogens (tertiary/aromatic N) is 4. The molecule has 4 aromatic heterocycles. The number of hydrogen-bond acceptors (Lipinski definition) is 5. The molecular formula is C21H17N5O2S. The second-order valence-corrected chi connectivity index (χ2v) is 7.70. The van der Waals surface area contributed by atoms with Gasteiger partial charge in [-0.1, -0.05) is 18.2 Å². The first-order valence-corrected chi connectivity index (χ1v) is 9.84. The Bertz CT molecular complexity index is 1280. The van der Waals surface area contributed by atoms with Crippen LogP contribution >= 0.6 is 11.3 Å². The number of anilines is 1. The van der Waals surface area contributed by atoms with Gasteiger partial charge < -0.3 is 9.73 Å². The lowest BCUT2D eigenvalue weighted by Gasteiger charge is -2.08. The van der Waals surface area contributed by atoms with Gasteiger partial charge in [-0.2, -0.15) is 10.2 Å². The van der Waals surface area contributed by atoms with Crippen molar-refractivity contribution < 1.29 is 9.21 Å². The number of hydrogen-bond donors (Lipinski definition) is 1.